The smallest absolute Gasteiger partial charge is 0.0541 e. The van der Waals surface area contributed by atoms with Crippen molar-refractivity contribution in [1.82, 2.24) is 4.57 Å². The lowest BCUT2D eigenvalue weighted by Gasteiger charge is -2.76. The Bertz CT molecular complexity index is 2810. The van der Waals surface area contributed by atoms with Gasteiger partial charge in [0.25, 0.3) is 0 Å². The average molecular weight is 678 g/mol. The van der Waals surface area contributed by atoms with Crippen LogP contribution in [0.15, 0.2) is 164 Å². The molecule has 13 rings (SSSR count). The summed E-state index contributed by atoms with van der Waals surface area (Å²) < 4.78 is 2.44. The van der Waals surface area contributed by atoms with E-state index in [1.807, 2.05) is 0 Å². The monoisotopic (exact) mass is 677 g/mol. The molecule has 0 saturated heterocycles. The molecule has 53 heavy (non-hydrogen) atoms. The Morgan fingerprint density at radius 2 is 1.04 bits per heavy atom. The molecule has 6 unspecified atom stereocenters. The Kier molecular flexibility index (Phi) is 5.48. The molecule has 0 amide bonds. The average Bonchev–Trinajstić information content (AvgIpc) is 3.94. The fraction of sp³-hybridized carbons (Fsp3) is 0.192. The maximum atomic E-state index is 2.56. The zero-order chi connectivity index (χ0) is 34.5. The molecule has 5 aliphatic carbocycles. The van der Waals surface area contributed by atoms with E-state index < -0.39 is 0 Å². The van der Waals surface area contributed by atoms with Gasteiger partial charge in [-0.3, -0.25) is 0 Å². The van der Waals surface area contributed by atoms with Crippen molar-refractivity contribution in [2.24, 2.45) is 29.1 Å². The normalized spacial score (nSPS) is 26.7. The predicted octanol–water partition coefficient (Wildman–Crippen LogP) is 13.1. The van der Waals surface area contributed by atoms with Crippen LogP contribution in [-0.2, 0) is 5.41 Å². The van der Waals surface area contributed by atoms with Crippen molar-refractivity contribution in [2.75, 3.05) is 0 Å². The van der Waals surface area contributed by atoms with Gasteiger partial charge in [0.1, 0.15) is 0 Å². The molecule has 0 radical (unpaired) electrons. The maximum Gasteiger partial charge on any atom is 0.0541 e. The minimum absolute atomic E-state index is 0.259. The minimum Gasteiger partial charge on any atom is -0.309 e. The van der Waals surface area contributed by atoms with Crippen molar-refractivity contribution in [2.45, 2.75) is 31.1 Å². The molecule has 1 nitrogen and oxygen atoms in total. The van der Waals surface area contributed by atoms with E-state index in [1.54, 1.807) is 11.1 Å². The van der Waals surface area contributed by atoms with E-state index in [-0.39, 0.29) is 5.41 Å². The van der Waals surface area contributed by atoms with Crippen LogP contribution in [0, 0.1) is 29.1 Å². The van der Waals surface area contributed by atoms with Crippen molar-refractivity contribution in [1.29, 1.82) is 0 Å². The van der Waals surface area contributed by atoms with Gasteiger partial charge in [0.05, 0.1) is 11.0 Å². The number of nitrogens with zero attached hydrogens (tertiary/aromatic N) is 1. The highest BCUT2D eigenvalue weighted by Crippen LogP contribution is 2.89. The number of benzene rings is 7. The van der Waals surface area contributed by atoms with Gasteiger partial charge in [-0.2, -0.15) is 0 Å². The lowest BCUT2D eigenvalue weighted by atomic mass is 9.27. The van der Waals surface area contributed by atoms with Gasteiger partial charge in [0.2, 0.25) is 0 Å². The maximum absolute atomic E-state index is 2.56. The summed E-state index contributed by atoms with van der Waals surface area (Å²) in [5.74, 6) is 3.70. The van der Waals surface area contributed by atoms with Crippen LogP contribution in [0.1, 0.15) is 36.8 Å². The number of rotatable bonds is 4. The van der Waals surface area contributed by atoms with Crippen molar-refractivity contribution in [3.8, 4) is 50.2 Å². The summed E-state index contributed by atoms with van der Waals surface area (Å²) in [6.07, 6.45) is 5.94. The molecule has 8 aromatic rings. The highest BCUT2D eigenvalue weighted by molar-refractivity contribution is 6.10. The molecular weight excluding hydrogens is 639 g/mol. The first-order chi connectivity index (χ1) is 26.2. The van der Waals surface area contributed by atoms with Gasteiger partial charge in [-0.25, -0.2) is 0 Å². The summed E-state index contributed by atoms with van der Waals surface area (Å²) in [4.78, 5) is 0. The van der Waals surface area contributed by atoms with Crippen molar-refractivity contribution < 1.29 is 0 Å². The summed E-state index contributed by atoms with van der Waals surface area (Å²) in [5, 5.41) is 2.60. The first-order valence-corrected chi connectivity index (χ1v) is 19.8. The standard InChI is InChI=1S/C52H39N/c1-2-8-33(9-3-1)34-14-16-35(17-15-34)36-18-22-40(23-19-36)53-47-13-7-5-11-42(47)44-29-38(21-25-48(44)53)37-20-24-46-43(28-37)41-10-4-6-12-45(41)52(46)49-27-32-26-39-30-50(52)51(39,49)31-32/h1-25,28-29,32,39,49-50H,26-27,30-31H2. The number of fused-ring (bicyclic) bond motifs is 11. The van der Waals surface area contributed by atoms with E-state index >= 15 is 0 Å². The van der Waals surface area contributed by atoms with Crippen LogP contribution in [0.25, 0.3) is 72.0 Å². The highest BCUT2D eigenvalue weighted by Gasteiger charge is 2.84. The van der Waals surface area contributed by atoms with Gasteiger partial charge in [0, 0.05) is 21.9 Å². The molecule has 4 fully saturated rings. The van der Waals surface area contributed by atoms with E-state index in [1.165, 1.54) is 97.7 Å². The number of hydrogen-bond acceptors (Lipinski definition) is 0. The molecule has 5 aliphatic rings. The molecule has 1 heteroatoms. The number of para-hydroxylation sites is 1. The van der Waals surface area contributed by atoms with Crippen LogP contribution in [0.4, 0.5) is 0 Å². The van der Waals surface area contributed by atoms with E-state index in [0.717, 1.165) is 23.7 Å². The molecular formula is C52H39N. The van der Waals surface area contributed by atoms with Crippen molar-refractivity contribution >= 4 is 21.8 Å². The van der Waals surface area contributed by atoms with Crippen LogP contribution in [-0.4, -0.2) is 4.57 Å². The first kappa shape index (κ1) is 28.9. The number of aromatic nitrogens is 1. The molecule has 2 bridgehead atoms. The fourth-order valence-electron chi connectivity index (χ4n) is 13.2. The molecule has 7 aromatic carbocycles. The lowest BCUT2D eigenvalue weighted by molar-refractivity contribution is -0.231. The fourth-order valence-corrected chi connectivity index (χ4v) is 13.2. The van der Waals surface area contributed by atoms with E-state index in [4.69, 9.17) is 0 Å². The van der Waals surface area contributed by atoms with Crippen molar-refractivity contribution in [3.63, 3.8) is 0 Å². The second kappa shape index (κ2) is 10.1. The van der Waals surface area contributed by atoms with Crippen LogP contribution in [0.2, 0.25) is 0 Å². The van der Waals surface area contributed by atoms with Crippen LogP contribution < -0.4 is 0 Å². The minimum atomic E-state index is 0.259. The van der Waals surface area contributed by atoms with Gasteiger partial charge in [-0.15, -0.1) is 0 Å². The van der Waals surface area contributed by atoms with Crippen LogP contribution in [0.3, 0.4) is 0 Å². The van der Waals surface area contributed by atoms with Gasteiger partial charge >= 0.3 is 0 Å². The Labute approximate surface area is 310 Å². The Morgan fingerprint density at radius 3 is 1.85 bits per heavy atom. The molecule has 0 aliphatic heterocycles. The molecule has 2 spiro atoms. The number of hydrogen-bond donors (Lipinski definition) is 0. The molecule has 6 atom stereocenters. The molecule has 0 N–H and O–H groups in total. The third-order valence-corrected chi connectivity index (χ3v) is 15.1. The quantitative estimate of drug-likeness (QED) is 0.175. The van der Waals surface area contributed by atoms with Crippen LogP contribution >= 0.6 is 0 Å². The summed E-state index contributed by atoms with van der Waals surface area (Å²) in [6, 6.07) is 61.7. The Morgan fingerprint density at radius 1 is 0.434 bits per heavy atom. The zero-order valence-electron chi connectivity index (χ0n) is 29.7. The third-order valence-electron chi connectivity index (χ3n) is 15.1. The SMILES string of the molecule is c1ccc(-c2ccc(-c3ccc(-n4c5ccccc5c5cc(-c6ccc7c(c6)-c6ccccc6C76C7CC8CC9CC6C97C8)ccc54)cc3)cc2)cc1. The van der Waals surface area contributed by atoms with E-state index in [0.29, 0.717) is 5.41 Å². The topological polar surface area (TPSA) is 4.93 Å². The predicted molar refractivity (Wildman–Crippen MR) is 218 cm³/mol. The highest BCUT2D eigenvalue weighted by atomic mass is 15.0. The lowest BCUT2D eigenvalue weighted by Crippen LogP contribution is -2.73. The van der Waals surface area contributed by atoms with Crippen molar-refractivity contribution in [3.05, 3.63) is 175 Å². The molecule has 252 valence electrons. The summed E-state index contributed by atoms with van der Waals surface area (Å²) in [5.41, 5.74) is 18.5. The second-order valence-electron chi connectivity index (χ2n) is 16.9. The first-order valence-electron chi connectivity index (χ1n) is 19.8. The largest absolute Gasteiger partial charge is 0.309 e. The van der Waals surface area contributed by atoms with E-state index in [9.17, 15) is 0 Å². The van der Waals surface area contributed by atoms with E-state index in [2.05, 4.69) is 168 Å². The van der Waals surface area contributed by atoms with Gasteiger partial charge in [-0.1, -0.05) is 127 Å². The third kappa shape index (κ3) is 3.50. The Balaban J connectivity index is 0.883. The van der Waals surface area contributed by atoms with Gasteiger partial charge in [-0.05, 0) is 147 Å². The molecule has 4 saturated carbocycles. The van der Waals surface area contributed by atoms with Crippen LogP contribution in [0.5, 0.6) is 0 Å². The van der Waals surface area contributed by atoms with Gasteiger partial charge in [0.15, 0.2) is 0 Å². The zero-order valence-corrected chi connectivity index (χ0v) is 29.7. The molecule has 1 heterocycles. The second-order valence-corrected chi connectivity index (χ2v) is 16.9. The van der Waals surface area contributed by atoms with Gasteiger partial charge < -0.3 is 4.57 Å². The summed E-state index contributed by atoms with van der Waals surface area (Å²) >= 11 is 0. The Hall–Kier alpha value is -5.66. The summed E-state index contributed by atoms with van der Waals surface area (Å²) in [6.45, 7) is 0. The summed E-state index contributed by atoms with van der Waals surface area (Å²) in [7, 11) is 0. The molecule has 1 aromatic heterocycles.